The second kappa shape index (κ2) is 3.70. The smallest absolute Gasteiger partial charge is 0.246 e. The maximum atomic E-state index is 12.0. The predicted octanol–water partition coefficient (Wildman–Crippen LogP) is 1.08. The van der Waals surface area contributed by atoms with Gasteiger partial charge in [-0.15, -0.1) is 0 Å². The number of carbonyl (C=O) groups is 1. The Morgan fingerprint density at radius 1 is 1.53 bits per heavy atom. The molecule has 1 amide bonds. The third-order valence-electron chi connectivity index (χ3n) is 3.38. The van der Waals surface area contributed by atoms with Crippen molar-refractivity contribution < 1.29 is 4.79 Å². The van der Waals surface area contributed by atoms with Crippen LogP contribution in [0, 0.1) is 5.41 Å². The second-order valence-electron chi connectivity index (χ2n) is 4.45. The van der Waals surface area contributed by atoms with Gasteiger partial charge in [0.15, 0.2) is 0 Å². The highest BCUT2D eigenvalue weighted by molar-refractivity contribution is 5.90. The summed E-state index contributed by atoms with van der Waals surface area (Å²) in [7, 11) is 0. The minimum absolute atomic E-state index is 0.0173. The molecule has 2 unspecified atom stereocenters. The zero-order valence-electron chi connectivity index (χ0n) is 8.94. The monoisotopic (exact) mass is 207 g/mol. The van der Waals surface area contributed by atoms with Crippen molar-refractivity contribution in [1.82, 2.24) is 4.68 Å². The van der Waals surface area contributed by atoms with E-state index >= 15 is 0 Å². The first-order valence-corrected chi connectivity index (χ1v) is 5.33. The van der Waals surface area contributed by atoms with Crippen molar-refractivity contribution in [2.24, 2.45) is 11.1 Å². The van der Waals surface area contributed by atoms with Crippen molar-refractivity contribution in [3.8, 4) is 0 Å². The van der Waals surface area contributed by atoms with E-state index in [4.69, 9.17) is 5.73 Å². The maximum Gasteiger partial charge on any atom is 0.246 e. The Hall–Kier alpha value is -1.29. The topological polar surface area (TPSA) is 60.0 Å². The molecule has 0 aromatic carbocycles. The third-order valence-corrected chi connectivity index (χ3v) is 3.38. The van der Waals surface area contributed by atoms with Crippen molar-refractivity contribution in [3.05, 3.63) is 24.5 Å². The Morgan fingerprint density at radius 2 is 2.20 bits per heavy atom. The van der Waals surface area contributed by atoms with Crippen LogP contribution in [0.4, 0.5) is 0 Å². The molecule has 1 aromatic heterocycles. The fourth-order valence-corrected chi connectivity index (χ4v) is 2.13. The average molecular weight is 207 g/mol. The van der Waals surface area contributed by atoms with E-state index in [2.05, 4.69) is 5.43 Å². The van der Waals surface area contributed by atoms with Gasteiger partial charge in [0.1, 0.15) is 0 Å². The number of aromatic nitrogens is 1. The highest BCUT2D eigenvalue weighted by Gasteiger charge is 2.43. The van der Waals surface area contributed by atoms with Gasteiger partial charge in [-0.3, -0.25) is 14.9 Å². The lowest BCUT2D eigenvalue weighted by Crippen LogP contribution is -2.46. The lowest BCUT2D eigenvalue weighted by atomic mass is 9.84. The Bertz CT molecular complexity index is 347. The molecule has 1 aliphatic rings. The van der Waals surface area contributed by atoms with Crippen molar-refractivity contribution in [1.29, 1.82) is 0 Å². The first-order chi connectivity index (χ1) is 7.13. The Balaban J connectivity index is 2.07. The number of rotatable bonds is 2. The molecule has 2 atom stereocenters. The standard InChI is InChI=1S/C11H17N3O/c1-11(6-4-5-9(11)12)10(15)13-14-7-2-3-8-14/h2-3,7-9H,4-6,12H2,1H3,(H,13,15). The van der Waals surface area contributed by atoms with Crippen LogP contribution in [0.2, 0.25) is 0 Å². The van der Waals surface area contributed by atoms with Crippen molar-refractivity contribution >= 4 is 5.91 Å². The number of carbonyl (C=O) groups excluding carboxylic acids is 1. The van der Waals surface area contributed by atoms with E-state index < -0.39 is 5.41 Å². The average Bonchev–Trinajstić information content (AvgIpc) is 2.79. The molecule has 0 saturated heterocycles. The molecule has 0 bridgehead atoms. The van der Waals surface area contributed by atoms with Crippen LogP contribution in [-0.4, -0.2) is 16.6 Å². The van der Waals surface area contributed by atoms with Gasteiger partial charge in [-0.1, -0.05) is 6.42 Å². The first-order valence-electron chi connectivity index (χ1n) is 5.33. The van der Waals surface area contributed by atoms with Gasteiger partial charge in [-0.25, -0.2) is 0 Å². The van der Waals surface area contributed by atoms with Gasteiger partial charge in [-0.2, -0.15) is 0 Å². The van der Waals surface area contributed by atoms with Crippen molar-refractivity contribution in [2.45, 2.75) is 32.2 Å². The van der Waals surface area contributed by atoms with Crippen LogP contribution in [0.5, 0.6) is 0 Å². The Kier molecular flexibility index (Phi) is 2.52. The largest absolute Gasteiger partial charge is 0.327 e. The zero-order chi connectivity index (χ0) is 10.9. The van der Waals surface area contributed by atoms with Gasteiger partial charge in [0.2, 0.25) is 5.91 Å². The van der Waals surface area contributed by atoms with Crippen LogP contribution in [0.15, 0.2) is 24.5 Å². The van der Waals surface area contributed by atoms with Crippen LogP contribution in [0.25, 0.3) is 0 Å². The molecular formula is C11H17N3O. The molecule has 3 N–H and O–H groups in total. The molecule has 1 saturated carbocycles. The molecule has 0 radical (unpaired) electrons. The second-order valence-corrected chi connectivity index (χ2v) is 4.45. The molecule has 1 aliphatic carbocycles. The SMILES string of the molecule is CC1(C(=O)Nn2cccc2)CCCC1N. The summed E-state index contributed by atoms with van der Waals surface area (Å²) in [4.78, 5) is 12.0. The number of hydrogen-bond acceptors (Lipinski definition) is 2. The normalized spacial score (nSPS) is 30.4. The Labute approximate surface area is 89.4 Å². The van der Waals surface area contributed by atoms with Crippen molar-refractivity contribution in [2.75, 3.05) is 5.43 Å². The zero-order valence-corrected chi connectivity index (χ0v) is 8.94. The highest BCUT2D eigenvalue weighted by atomic mass is 16.2. The summed E-state index contributed by atoms with van der Waals surface area (Å²) in [5.41, 5.74) is 8.39. The van der Waals surface area contributed by atoms with Gasteiger partial charge >= 0.3 is 0 Å². The third kappa shape index (κ3) is 1.77. The molecule has 1 heterocycles. The number of amides is 1. The molecule has 82 valence electrons. The van der Waals surface area contributed by atoms with E-state index in [-0.39, 0.29) is 11.9 Å². The summed E-state index contributed by atoms with van der Waals surface area (Å²) in [6.07, 6.45) is 6.47. The number of hydrogen-bond donors (Lipinski definition) is 2. The molecule has 0 aliphatic heterocycles. The molecule has 4 nitrogen and oxygen atoms in total. The van der Waals surface area contributed by atoms with Crippen molar-refractivity contribution in [3.63, 3.8) is 0 Å². The van der Waals surface area contributed by atoms with E-state index in [0.29, 0.717) is 0 Å². The lowest BCUT2D eigenvalue weighted by Gasteiger charge is -2.27. The minimum Gasteiger partial charge on any atom is -0.327 e. The fourth-order valence-electron chi connectivity index (χ4n) is 2.13. The van der Waals surface area contributed by atoms with Gasteiger partial charge in [0, 0.05) is 18.4 Å². The predicted molar refractivity (Wildman–Crippen MR) is 58.7 cm³/mol. The summed E-state index contributed by atoms with van der Waals surface area (Å²) in [6.45, 7) is 1.95. The number of nitrogens with two attached hydrogens (primary N) is 1. The highest BCUT2D eigenvalue weighted by Crippen LogP contribution is 2.36. The molecule has 4 heteroatoms. The molecule has 0 spiro atoms. The van der Waals surface area contributed by atoms with E-state index in [1.54, 1.807) is 4.68 Å². The quantitative estimate of drug-likeness (QED) is 0.762. The van der Waals surface area contributed by atoms with Crippen LogP contribution in [-0.2, 0) is 4.79 Å². The van der Waals surface area contributed by atoms with E-state index in [0.717, 1.165) is 19.3 Å². The van der Waals surface area contributed by atoms with Gasteiger partial charge in [-0.05, 0) is 31.9 Å². The summed E-state index contributed by atoms with van der Waals surface area (Å²) in [5.74, 6) is 0.0173. The van der Waals surface area contributed by atoms with Gasteiger partial charge < -0.3 is 5.73 Å². The maximum absolute atomic E-state index is 12.0. The molecule has 15 heavy (non-hydrogen) atoms. The van der Waals surface area contributed by atoms with Gasteiger partial charge in [0.05, 0.1) is 5.41 Å². The molecule has 1 aromatic rings. The van der Waals surface area contributed by atoms with E-state index in [1.807, 2.05) is 31.5 Å². The molecule has 1 fully saturated rings. The lowest BCUT2D eigenvalue weighted by molar-refractivity contribution is -0.126. The van der Waals surface area contributed by atoms with Crippen LogP contribution >= 0.6 is 0 Å². The summed E-state index contributed by atoms with van der Waals surface area (Å²) < 4.78 is 1.67. The molecule has 2 rings (SSSR count). The summed E-state index contributed by atoms with van der Waals surface area (Å²) in [6, 6.07) is 3.72. The number of nitrogens with zero attached hydrogens (tertiary/aromatic N) is 1. The molecular weight excluding hydrogens is 190 g/mol. The van der Waals surface area contributed by atoms with Gasteiger partial charge in [0.25, 0.3) is 0 Å². The van der Waals surface area contributed by atoms with E-state index in [1.165, 1.54) is 0 Å². The summed E-state index contributed by atoms with van der Waals surface area (Å²) >= 11 is 0. The minimum atomic E-state index is -0.412. The Morgan fingerprint density at radius 3 is 2.73 bits per heavy atom. The fraction of sp³-hybridized carbons (Fsp3) is 0.545. The first kappa shape index (κ1) is 10.2. The van der Waals surface area contributed by atoms with E-state index in [9.17, 15) is 4.79 Å². The van der Waals surface area contributed by atoms with Crippen LogP contribution in [0.1, 0.15) is 26.2 Å². The van der Waals surface area contributed by atoms with Crippen LogP contribution < -0.4 is 11.2 Å². The van der Waals surface area contributed by atoms with Crippen LogP contribution in [0.3, 0.4) is 0 Å². The summed E-state index contributed by atoms with van der Waals surface area (Å²) in [5, 5.41) is 0. The number of nitrogens with one attached hydrogen (secondary N) is 1.